The van der Waals surface area contributed by atoms with Crippen molar-refractivity contribution in [2.75, 3.05) is 38.5 Å². The van der Waals surface area contributed by atoms with Gasteiger partial charge in [-0.05, 0) is 111 Å². The number of hydrogen-bond donors (Lipinski definition) is 0. The fourth-order valence-corrected chi connectivity index (χ4v) is 13.0. The zero-order valence-electron chi connectivity index (χ0n) is 27.3. The highest BCUT2D eigenvalue weighted by Gasteiger charge is 2.69. The molecule has 0 radical (unpaired) electrons. The number of nitrogens with zero attached hydrogens (tertiary/aromatic N) is 2. The third kappa shape index (κ3) is 4.83. The number of hydrogen-bond acceptors (Lipinski definition) is 6. The van der Waals surface area contributed by atoms with Crippen LogP contribution in [0.5, 0.6) is 0 Å². The van der Waals surface area contributed by atoms with E-state index in [2.05, 4.69) is 27.7 Å². The molecule has 7 rings (SSSR count). The highest BCUT2D eigenvalue weighted by atomic mass is 32.2. The van der Waals surface area contributed by atoms with E-state index in [-0.39, 0.29) is 23.7 Å². The van der Waals surface area contributed by atoms with Gasteiger partial charge < -0.3 is 19.1 Å². The minimum absolute atomic E-state index is 0.0251. The van der Waals surface area contributed by atoms with E-state index in [1.54, 1.807) is 11.8 Å². The van der Waals surface area contributed by atoms with E-state index in [0.29, 0.717) is 66.8 Å². The molecule has 3 heterocycles. The molecule has 244 valence electrons. The topological polar surface area (TPSA) is 85.4 Å². The van der Waals surface area contributed by atoms with Crippen molar-refractivity contribution in [1.82, 2.24) is 9.21 Å². The van der Waals surface area contributed by atoms with E-state index in [1.165, 1.54) is 42.8 Å². The van der Waals surface area contributed by atoms with Gasteiger partial charge >= 0.3 is 6.09 Å². The number of amides is 1. The number of ether oxygens (including phenoxy) is 3. The SMILES string of the molecule is CCS(=O)(=O)N1CCN(C(=O)O[C@H]2CC[C@@]3(C)[C@H](CC[C@@H]4[C@@H]3CC[C@]3(C)[C@@H]5[C@H](C[C@@H]43)O[C@]3(CC[C@H](C)CO3)[C@H]5C)C2)CC1. The lowest BCUT2D eigenvalue weighted by molar-refractivity contribution is -0.273. The molecule has 1 spiro atoms. The summed E-state index contributed by atoms with van der Waals surface area (Å²) < 4.78 is 45.5. The summed E-state index contributed by atoms with van der Waals surface area (Å²) >= 11 is 0. The Morgan fingerprint density at radius 3 is 2.35 bits per heavy atom. The van der Waals surface area contributed by atoms with E-state index < -0.39 is 10.0 Å². The highest BCUT2D eigenvalue weighted by Crippen LogP contribution is 2.71. The second-order valence-electron chi connectivity index (χ2n) is 16.2. The van der Waals surface area contributed by atoms with E-state index in [1.807, 2.05) is 0 Å². The number of rotatable bonds is 3. The molecule has 0 bridgehead atoms. The van der Waals surface area contributed by atoms with Crippen LogP contribution in [0.1, 0.15) is 98.8 Å². The van der Waals surface area contributed by atoms with E-state index >= 15 is 0 Å². The maximum atomic E-state index is 13.1. The van der Waals surface area contributed by atoms with Gasteiger partial charge in [0.05, 0.1) is 18.5 Å². The summed E-state index contributed by atoms with van der Waals surface area (Å²) in [5.74, 6) is 4.35. The molecule has 8 nitrogen and oxygen atoms in total. The zero-order chi connectivity index (χ0) is 30.4. The smallest absolute Gasteiger partial charge is 0.410 e. The third-order valence-electron chi connectivity index (χ3n) is 14.4. The van der Waals surface area contributed by atoms with Gasteiger partial charge in [-0.25, -0.2) is 13.2 Å². The van der Waals surface area contributed by atoms with E-state index in [9.17, 15) is 13.2 Å². The fourth-order valence-electron chi connectivity index (χ4n) is 11.9. The molecule has 12 atom stereocenters. The first-order chi connectivity index (χ1) is 20.4. The fraction of sp³-hybridized carbons (Fsp3) is 0.971. The maximum absolute atomic E-state index is 13.1. The Balaban J connectivity index is 0.974. The maximum Gasteiger partial charge on any atom is 0.410 e. The van der Waals surface area contributed by atoms with Gasteiger partial charge in [0.25, 0.3) is 0 Å². The standard InChI is InChI=1S/C34H56N2O6S/c1-6-43(38,39)36-17-15-35(16-18-36)31(37)41-25-10-12-32(4)24(19-25)7-8-26-27(32)11-13-33(5)28(26)20-29-30(33)23(3)34(42-29)14-9-22(2)21-40-34/h22-30H,6-21H2,1-5H3/t22-,23-,24+,25-,26+,27-,28-,29-,30-,32-,33-,34+/m0/s1. The van der Waals surface area contributed by atoms with Crippen molar-refractivity contribution in [3.63, 3.8) is 0 Å². The molecule has 0 unspecified atom stereocenters. The van der Waals surface area contributed by atoms with Crippen LogP contribution < -0.4 is 0 Å². The summed E-state index contributed by atoms with van der Waals surface area (Å²) in [7, 11) is -3.21. The molecule has 7 fully saturated rings. The van der Waals surface area contributed by atoms with Gasteiger partial charge in [0, 0.05) is 38.5 Å². The van der Waals surface area contributed by atoms with Crippen LogP contribution in [0.2, 0.25) is 0 Å². The predicted octanol–water partition coefficient (Wildman–Crippen LogP) is 5.91. The average Bonchev–Trinajstić information content (AvgIpc) is 3.44. The van der Waals surface area contributed by atoms with Crippen LogP contribution in [-0.2, 0) is 24.2 Å². The van der Waals surface area contributed by atoms with Crippen molar-refractivity contribution in [2.24, 2.45) is 52.3 Å². The first-order valence-corrected chi connectivity index (χ1v) is 19.3. The van der Waals surface area contributed by atoms with E-state index in [4.69, 9.17) is 14.2 Å². The second-order valence-corrected chi connectivity index (χ2v) is 18.5. The summed E-state index contributed by atoms with van der Waals surface area (Å²) in [6, 6.07) is 0. The normalized spacial score (nSPS) is 50.1. The molecule has 43 heavy (non-hydrogen) atoms. The summed E-state index contributed by atoms with van der Waals surface area (Å²) in [5, 5.41) is 0. The van der Waals surface area contributed by atoms with Crippen molar-refractivity contribution in [3.8, 4) is 0 Å². The molecule has 0 aromatic rings. The predicted molar refractivity (Wildman–Crippen MR) is 165 cm³/mol. The van der Waals surface area contributed by atoms with Crippen molar-refractivity contribution in [3.05, 3.63) is 0 Å². The highest BCUT2D eigenvalue weighted by molar-refractivity contribution is 7.89. The number of carbonyl (C=O) groups is 1. The van der Waals surface area contributed by atoms with Gasteiger partial charge in [0.15, 0.2) is 5.79 Å². The summed E-state index contributed by atoms with van der Waals surface area (Å²) in [4.78, 5) is 14.8. The lowest BCUT2D eigenvalue weighted by Gasteiger charge is -2.61. The Hall–Kier alpha value is -0.900. The summed E-state index contributed by atoms with van der Waals surface area (Å²) in [6.45, 7) is 14.0. The lowest BCUT2D eigenvalue weighted by Crippen LogP contribution is -2.55. The zero-order valence-corrected chi connectivity index (χ0v) is 28.1. The van der Waals surface area contributed by atoms with Gasteiger partial charge in [-0.2, -0.15) is 4.31 Å². The number of sulfonamides is 1. The molecule has 4 saturated carbocycles. The largest absolute Gasteiger partial charge is 0.446 e. The Labute approximate surface area is 260 Å². The monoisotopic (exact) mass is 620 g/mol. The second kappa shape index (κ2) is 10.8. The minimum Gasteiger partial charge on any atom is -0.446 e. The van der Waals surface area contributed by atoms with Crippen molar-refractivity contribution < 1.29 is 27.4 Å². The Morgan fingerprint density at radius 1 is 0.907 bits per heavy atom. The number of carbonyl (C=O) groups excluding carboxylic acids is 1. The summed E-state index contributed by atoms with van der Waals surface area (Å²) in [5.41, 5.74) is 0.666. The van der Waals surface area contributed by atoms with Crippen LogP contribution >= 0.6 is 0 Å². The van der Waals surface area contributed by atoms with Crippen LogP contribution in [-0.4, -0.2) is 80.2 Å². The Kier molecular flexibility index (Phi) is 7.75. The van der Waals surface area contributed by atoms with Crippen LogP contribution in [0.4, 0.5) is 4.79 Å². The molecule has 3 saturated heterocycles. The van der Waals surface area contributed by atoms with Gasteiger partial charge in [-0.15, -0.1) is 0 Å². The molecule has 3 aliphatic heterocycles. The lowest BCUT2D eigenvalue weighted by atomic mass is 9.44. The average molecular weight is 621 g/mol. The van der Waals surface area contributed by atoms with Gasteiger partial charge in [-0.1, -0.05) is 27.7 Å². The van der Waals surface area contributed by atoms with Crippen molar-refractivity contribution >= 4 is 16.1 Å². The van der Waals surface area contributed by atoms with Gasteiger partial charge in [0.1, 0.15) is 6.10 Å². The molecular weight excluding hydrogens is 564 g/mol. The number of fused-ring (bicyclic) bond motifs is 7. The molecule has 4 aliphatic carbocycles. The Bertz CT molecular complexity index is 1180. The van der Waals surface area contributed by atoms with Gasteiger partial charge in [0.2, 0.25) is 10.0 Å². The summed E-state index contributed by atoms with van der Waals surface area (Å²) in [6.07, 6.45) is 11.8. The molecular formula is C34H56N2O6S. The van der Waals surface area contributed by atoms with Crippen LogP contribution in [0.25, 0.3) is 0 Å². The first kappa shape index (κ1) is 30.7. The van der Waals surface area contributed by atoms with Crippen LogP contribution in [0.3, 0.4) is 0 Å². The molecule has 9 heteroatoms. The molecule has 7 aliphatic rings. The third-order valence-corrected chi connectivity index (χ3v) is 16.3. The van der Waals surface area contributed by atoms with Crippen molar-refractivity contribution in [1.29, 1.82) is 0 Å². The number of piperazine rings is 1. The quantitative estimate of drug-likeness (QED) is 0.390. The van der Waals surface area contributed by atoms with Crippen LogP contribution in [0, 0.1) is 52.3 Å². The van der Waals surface area contributed by atoms with E-state index in [0.717, 1.165) is 50.0 Å². The van der Waals surface area contributed by atoms with Crippen LogP contribution in [0.15, 0.2) is 0 Å². The van der Waals surface area contributed by atoms with Crippen molar-refractivity contribution in [2.45, 2.75) is 117 Å². The molecule has 0 N–H and O–H groups in total. The first-order valence-electron chi connectivity index (χ1n) is 17.7. The minimum atomic E-state index is -3.21. The molecule has 0 aromatic heterocycles. The van der Waals surface area contributed by atoms with Gasteiger partial charge in [-0.3, -0.25) is 0 Å². The Morgan fingerprint density at radius 2 is 1.65 bits per heavy atom. The molecule has 0 aromatic carbocycles. The molecule has 1 amide bonds.